The van der Waals surface area contributed by atoms with Gasteiger partial charge < -0.3 is 5.32 Å². The van der Waals surface area contributed by atoms with Gasteiger partial charge in [0.05, 0.1) is 0 Å². The third-order valence-corrected chi connectivity index (χ3v) is 10.3. The van der Waals surface area contributed by atoms with E-state index in [1.807, 2.05) is 6.07 Å². The van der Waals surface area contributed by atoms with Crippen molar-refractivity contribution >= 4 is 34.2 Å². The molecule has 34 heavy (non-hydrogen) atoms. The molecule has 1 N–H and O–H groups in total. The zero-order chi connectivity index (χ0) is 23.1. The van der Waals surface area contributed by atoms with Crippen LogP contribution in [0.2, 0.25) is 0 Å². The number of para-hydroxylation sites is 1. The van der Waals surface area contributed by atoms with Gasteiger partial charge in [-0.05, 0) is 48.5 Å². The predicted octanol–water partition coefficient (Wildman–Crippen LogP) is 7.09. The second-order valence-electron chi connectivity index (χ2n) is 8.08. The molecule has 0 saturated heterocycles. The summed E-state index contributed by atoms with van der Waals surface area (Å²) in [5.41, 5.74) is 2.29. The molecule has 0 saturated carbocycles. The highest BCUT2D eigenvalue weighted by molar-refractivity contribution is 8.03. The Morgan fingerprint density at radius 2 is 0.794 bits per heavy atom. The van der Waals surface area contributed by atoms with E-state index in [2.05, 4.69) is 157 Å². The molecule has 1 nitrogen and oxygen atoms in total. The quantitative estimate of drug-likeness (QED) is 0.258. The Hall–Kier alpha value is -3.93. The van der Waals surface area contributed by atoms with Gasteiger partial charge in [0, 0.05) is 17.5 Å². The molecule has 2 heteroatoms. The summed E-state index contributed by atoms with van der Waals surface area (Å²) in [4.78, 5) is 0. The van der Waals surface area contributed by atoms with Gasteiger partial charge in [-0.1, -0.05) is 103 Å². The standard InChI is InChI=1S/C32H27NP/c1-6-16-27(17-7-1)32(26-33-28-18-8-2-9-19-28)34(29-20-10-3-11-21-29,30-22-12-4-13-23-30)31-24-14-5-15-25-31/h1-26,33H/q+1. The van der Waals surface area contributed by atoms with Crippen LogP contribution in [0.4, 0.5) is 5.69 Å². The van der Waals surface area contributed by atoms with Crippen LogP contribution in [-0.4, -0.2) is 0 Å². The molecule has 0 heterocycles. The third-order valence-electron chi connectivity index (χ3n) is 6.01. The molecule has 0 amide bonds. The van der Waals surface area contributed by atoms with E-state index in [9.17, 15) is 0 Å². The summed E-state index contributed by atoms with van der Waals surface area (Å²) in [5.74, 6) is 0. The molecule has 0 fully saturated rings. The predicted molar refractivity (Wildman–Crippen MR) is 150 cm³/mol. The first-order valence-electron chi connectivity index (χ1n) is 11.5. The summed E-state index contributed by atoms with van der Waals surface area (Å²) in [6.45, 7) is 0. The van der Waals surface area contributed by atoms with E-state index >= 15 is 0 Å². The fraction of sp³-hybridized carbons (Fsp3) is 0. The number of nitrogens with one attached hydrogen (secondary N) is 1. The Morgan fingerprint density at radius 3 is 1.21 bits per heavy atom. The van der Waals surface area contributed by atoms with Crippen molar-refractivity contribution in [1.29, 1.82) is 0 Å². The van der Waals surface area contributed by atoms with Gasteiger partial charge in [-0.15, -0.1) is 0 Å². The van der Waals surface area contributed by atoms with E-state index in [-0.39, 0.29) is 0 Å². The molecule has 0 aliphatic rings. The summed E-state index contributed by atoms with van der Waals surface area (Å²) in [6.07, 6.45) is 2.23. The number of hydrogen-bond donors (Lipinski definition) is 1. The number of rotatable bonds is 7. The maximum Gasteiger partial charge on any atom is 0.146 e. The minimum Gasteiger partial charge on any atom is -0.358 e. The van der Waals surface area contributed by atoms with Crippen molar-refractivity contribution in [2.24, 2.45) is 0 Å². The van der Waals surface area contributed by atoms with Crippen LogP contribution in [0.3, 0.4) is 0 Å². The molecule has 5 aromatic rings. The molecule has 0 aromatic heterocycles. The zero-order valence-corrected chi connectivity index (χ0v) is 19.9. The van der Waals surface area contributed by atoms with Crippen LogP contribution in [0.25, 0.3) is 5.31 Å². The molecule has 0 atom stereocenters. The van der Waals surface area contributed by atoms with Crippen molar-refractivity contribution in [2.45, 2.75) is 0 Å². The zero-order valence-electron chi connectivity index (χ0n) is 19.0. The molecular weight excluding hydrogens is 429 g/mol. The minimum atomic E-state index is -2.22. The van der Waals surface area contributed by atoms with Gasteiger partial charge in [0.25, 0.3) is 0 Å². The first-order valence-corrected chi connectivity index (χ1v) is 13.3. The SMILES string of the molecule is C(Nc1ccccc1)=C(c1ccccc1)[P+](c1ccccc1)(c1ccccc1)c1ccccc1. The fourth-order valence-electron chi connectivity index (χ4n) is 4.49. The molecule has 0 unspecified atom stereocenters. The Balaban J connectivity index is 1.86. The third kappa shape index (κ3) is 4.31. The molecular formula is C32H27NP+. The summed E-state index contributed by atoms with van der Waals surface area (Å²) >= 11 is 0. The van der Waals surface area contributed by atoms with Crippen LogP contribution < -0.4 is 21.2 Å². The van der Waals surface area contributed by atoms with Gasteiger partial charge in [-0.3, -0.25) is 0 Å². The second-order valence-corrected chi connectivity index (χ2v) is 11.5. The maximum atomic E-state index is 3.62. The molecule has 0 aliphatic heterocycles. The Kier molecular flexibility index (Phi) is 6.66. The lowest BCUT2D eigenvalue weighted by molar-refractivity contribution is 1.57. The summed E-state index contributed by atoms with van der Waals surface area (Å²) < 4.78 is 0. The van der Waals surface area contributed by atoms with Gasteiger partial charge in [-0.2, -0.15) is 0 Å². The normalized spacial score (nSPS) is 11.7. The van der Waals surface area contributed by atoms with Crippen LogP contribution in [-0.2, 0) is 0 Å². The van der Waals surface area contributed by atoms with E-state index in [0.29, 0.717) is 0 Å². The lowest BCUT2D eigenvalue weighted by atomic mass is 10.2. The highest BCUT2D eigenvalue weighted by atomic mass is 31.2. The van der Waals surface area contributed by atoms with Gasteiger partial charge in [0.15, 0.2) is 0 Å². The van der Waals surface area contributed by atoms with Crippen LogP contribution in [0.15, 0.2) is 158 Å². The first-order chi connectivity index (χ1) is 16.9. The molecule has 5 rings (SSSR count). The Bertz CT molecular complexity index is 1240. The molecule has 164 valence electrons. The Labute approximate surface area is 202 Å². The van der Waals surface area contributed by atoms with E-state index in [1.165, 1.54) is 26.8 Å². The van der Waals surface area contributed by atoms with Gasteiger partial charge in [0.1, 0.15) is 28.5 Å². The van der Waals surface area contributed by atoms with Crippen molar-refractivity contribution < 1.29 is 0 Å². The lowest BCUT2D eigenvalue weighted by Gasteiger charge is -2.30. The first kappa shape index (κ1) is 21.9. The van der Waals surface area contributed by atoms with Crippen LogP contribution >= 0.6 is 7.26 Å². The van der Waals surface area contributed by atoms with Crippen molar-refractivity contribution in [1.82, 2.24) is 0 Å². The highest BCUT2D eigenvalue weighted by Crippen LogP contribution is 2.66. The number of benzene rings is 5. The molecule has 0 spiro atoms. The van der Waals surface area contributed by atoms with Crippen LogP contribution in [0.1, 0.15) is 5.56 Å². The van der Waals surface area contributed by atoms with E-state index in [4.69, 9.17) is 0 Å². The second kappa shape index (κ2) is 10.3. The summed E-state index contributed by atoms with van der Waals surface area (Å²) in [7, 11) is -2.22. The van der Waals surface area contributed by atoms with Crippen molar-refractivity contribution in [3.05, 3.63) is 163 Å². The molecule has 5 aromatic carbocycles. The van der Waals surface area contributed by atoms with Gasteiger partial charge in [0.2, 0.25) is 0 Å². The van der Waals surface area contributed by atoms with Crippen LogP contribution in [0, 0.1) is 0 Å². The monoisotopic (exact) mass is 456 g/mol. The smallest absolute Gasteiger partial charge is 0.146 e. The highest BCUT2D eigenvalue weighted by Gasteiger charge is 2.50. The molecule has 0 bridgehead atoms. The van der Waals surface area contributed by atoms with Crippen molar-refractivity contribution in [3.63, 3.8) is 0 Å². The Morgan fingerprint density at radius 1 is 0.441 bits per heavy atom. The number of anilines is 1. The van der Waals surface area contributed by atoms with E-state index in [1.54, 1.807) is 0 Å². The van der Waals surface area contributed by atoms with Gasteiger partial charge >= 0.3 is 0 Å². The lowest BCUT2D eigenvalue weighted by Crippen LogP contribution is -2.32. The van der Waals surface area contributed by atoms with E-state index < -0.39 is 7.26 Å². The molecule has 0 aliphatic carbocycles. The van der Waals surface area contributed by atoms with Crippen molar-refractivity contribution in [2.75, 3.05) is 5.32 Å². The summed E-state index contributed by atoms with van der Waals surface area (Å²) in [6, 6.07) is 54.1. The largest absolute Gasteiger partial charge is 0.358 e. The number of hydrogen-bond acceptors (Lipinski definition) is 1. The average molecular weight is 457 g/mol. The summed E-state index contributed by atoms with van der Waals surface area (Å²) in [5, 5.41) is 8.91. The average Bonchev–Trinajstić information content (AvgIpc) is 2.94. The van der Waals surface area contributed by atoms with Crippen LogP contribution in [0.5, 0.6) is 0 Å². The van der Waals surface area contributed by atoms with Gasteiger partial charge in [-0.25, -0.2) is 0 Å². The van der Waals surface area contributed by atoms with Crippen molar-refractivity contribution in [3.8, 4) is 0 Å². The molecule has 0 radical (unpaired) electrons. The minimum absolute atomic E-state index is 1.07. The topological polar surface area (TPSA) is 12.0 Å². The van der Waals surface area contributed by atoms with E-state index in [0.717, 1.165) is 5.69 Å². The fourth-order valence-corrected chi connectivity index (χ4v) is 8.87. The maximum absolute atomic E-state index is 3.62.